The van der Waals surface area contributed by atoms with Gasteiger partial charge in [0.1, 0.15) is 0 Å². The molecular weight excluding hydrogens is 264 g/mol. The lowest BCUT2D eigenvalue weighted by atomic mass is 10.1. The van der Waals surface area contributed by atoms with E-state index in [-0.39, 0.29) is 11.6 Å². The second-order valence-electron chi connectivity index (χ2n) is 4.92. The van der Waals surface area contributed by atoms with Crippen molar-refractivity contribution in [3.05, 3.63) is 58.5 Å². The first-order valence-electron chi connectivity index (χ1n) is 7.28. The van der Waals surface area contributed by atoms with Crippen molar-refractivity contribution in [2.75, 3.05) is 18.0 Å². The van der Waals surface area contributed by atoms with Gasteiger partial charge < -0.3 is 10.6 Å². The highest BCUT2D eigenvalue weighted by Gasteiger charge is 2.10. The van der Waals surface area contributed by atoms with Gasteiger partial charge >= 0.3 is 0 Å². The molecule has 112 valence electrons. The molecule has 0 fully saturated rings. The van der Waals surface area contributed by atoms with Crippen LogP contribution in [0.15, 0.2) is 47.4 Å². The fourth-order valence-electron chi connectivity index (χ4n) is 2.31. The minimum Gasteiger partial charge on any atom is -0.371 e. The number of nitrogens with zero attached hydrogens (tertiary/aromatic N) is 3. The highest BCUT2D eigenvalue weighted by molar-refractivity contribution is 5.42. The SMILES string of the molecule is CCN(CC)c1cnn(CC(N)c2ccccc2)c(=O)c1. The van der Waals surface area contributed by atoms with Gasteiger partial charge in [0.05, 0.1) is 18.4 Å². The maximum Gasteiger partial charge on any atom is 0.268 e. The molecule has 0 saturated carbocycles. The van der Waals surface area contributed by atoms with Crippen molar-refractivity contribution in [3.63, 3.8) is 0 Å². The fourth-order valence-corrected chi connectivity index (χ4v) is 2.31. The molecule has 0 saturated heterocycles. The maximum atomic E-state index is 12.2. The molecule has 0 amide bonds. The van der Waals surface area contributed by atoms with Gasteiger partial charge in [-0.15, -0.1) is 0 Å². The van der Waals surface area contributed by atoms with Gasteiger partial charge in [-0.2, -0.15) is 5.10 Å². The van der Waals surface area contributed by atoms with Crippen LogP contribution < -0.4 is 16.2 Å². The molecule has 0 aliphatic rings. The van der Waals surface area contributed by atoms with Crippen LogP contribution in [0.1, 0.15) is 25.5 Å². The van der Waals surface area contributed by atoms with Crippen LogP contribution in [-0.2, 0) is 6.54 Å². The Hall–Kier alpha value is -2.14. The van der Waals surface area contributed by atoms with E-state index in [2.05, 4.69) is 23.8 Å². The Morgan fingerprint density at radius 1 is 1.24 bits per heavy atom. The molecule has 1 atom stereocenters. The molecule has 5 heteroatoms. The molecule has 1 heterocycles. The Labute approximate surface area is 125 Å². The molecule has 21 heavy (non-hydrogen) atoms. The molecule has 1 unspecified atom stereocenters. The van der Waals surface area contributed by atoms with Gasteiger partial charge in [-0.05, 0) is 19.4 Å². The predicted octanol–water partition coefficient (Wildman–Crippen LogP) is 1.79. The predicted molar refractivity (Wildman–Crippen MR) is 85.4 cm³/mol. The monoisotopic (exact) mass is 286 g/mol. The van der Waals surface area contributed by atoms with Crippen LogP contribution in [0.3, 0.4) is 0 Å². The van der Waals surface area contributed by atoms with E-state index < -0.39 is 0 Å². The summed E-state index contributed by atoms with van der Waals surface area (Å²) in [5.74, 6) is 0. The molecule has 1 aromatic heterocycles. The van der Waals surface area contributed by atoms with Crippen LogP contribution in [0.5, 0.6) is 0 Å². The third kappa shape index (κ3) is 3.70. The second kappa shape index (κ2) is 7.04. The van der Waals surface area contributed by atoms with Crippen molar-refractivity contribution in [1.29, 1.82) is 0 Å². The van der Waals surface area contributed by atoms with E-state index in [0.29, 0.717) is 6.54 Å². The molecule has 0 spiro atoms. The van der Waals surface area contributed by atoms with Gasteiger partial charge in [0.15, 0.2) is 0 Å². The molecule has 2 rings (SSSR count). The van der Waals surface area contributed by atoms with Gasteiger partial charge in [-0.1, -0.05) is 30.3 Å². The summed E-state index contributed by atoms with van der Waals surface area (Å²) in [4.78, 5) is 14.3. The summed E-state index contributed by atoms with van der Waals surface area (Å²) >= 11 is 0. The van der Waals surface area contributed by atoms with E-state index in [0.717, 1.165) is 24.3 Å². The fraction of sp³-hybridized carbons (Fsp3) is 0.375. The number of anilines is 1. The molecule has 0 aliphatic carbocycles. The van der Waals surface area contributed by atoms with Crippen LogP contribution in [0, 0.1) is 0 Å². The smallest absolute Gasteiger partial charge is 0.268 e. The summed E-state index contributed by atoms with van der Waals surface area (Å²) in [7, 11) is 0. The zero-order valence-electron chi connectivity index (χ0n) is 12.6. The molecule has 2 N–H and O–H groups in total. The minimum absolute atomic E-state index is 0.120. The van der Waals surface area contributed by atoms with E-state index in [1.165, 1.54) is 4.68 Å². The molecule has 0 radical (unpaired) electrons. The van der Waals surface area contributed by atoms with Crippen molar-refractivity contribution in [3.8, 4) is 0 Å². The molecule has 0 aliphatic heterocycles. The molecule has 1 aromatic carbocycles. The lowest BCUT2D eigenvalue weighted by molar-refractivity contribution is 0.503. The zero-order valence-corrected chi connectivity index (χ0v) is 12.6. The van der Waals surface area contributed by atoms with E-state index in [4.69, 9.17) is 5.73 Å². The van der Waals surface area contributed by atoms with Crippen LogP contribution in [0.25, 0.3) is 0 Å². The Balaban J connectivity index is 2.16. The largest absolute Gasteiger partial charge is 0.371 e. The van der Waals surface area contributed by atoms with Crippen LogP contribution >= 0.6 is 0 Å². The van der Waals surface area contributed by atoms with Gasteiger partial charge in [-0.3, -0.25) is 4.79 Å². The summed E-state index contributed by atoms with van der Waals surface area (Å²) in [6.07, 6.45) is 1.73. The Morgan fingerprint density at radius 2 is 1.90 bits per heavy atom. The highest BCUT2D eigenvalue weighted by Crippen LogP contribution is 2.12. The Bertz CT molecular complexity index is 620. The van der Waals surface area contributed by atoms with Gasteiger partial charge in [0.2, 0.25) is 0 Å². The van der Waals surface area contributed by atoms with Gasteiger partial charge in [-0.25, -0.2) is 4.68 Å². The first-order valence-corrected chi connectivity index (χ1v) is 7.28. The summed E-state index contributed by atoms with van der Waals surface area (Å²) < 4.78 is 1.42. The van der Waals surface area contributed by atoms with Crippen LogP contribution in [0.4, 0.5) is 5.69 Å². The zero-order chi connectivity index (χ0) is 15.2. The number of aromatic nitrogens is 2. The quantitative estimate of drug-likeness (QED) is 0.879. The molecule has 0 bridgehead atoms. The number of benzene rings is 1. The second-order valence-corrected chi connectivity index (χ2v) is 4.92. The van der Waals surface area contributed by atoms with Crippen molar-refractivity contribution >= 4 is 5.69 Å². The number of rotatable bonds is 6. The van der Waals surface area contributed by atoms with Crippen molar-refractivity contribution < 1.29 is 0 Å². The van der Waals surface area contributed by atoms with E-state index in [1.54, 1.807) is 12.3 Å². The van der Waals surface area contributed by atoms with Crippen LogP contribution in [-0.4, -0.2) is 22.9 Å². The first-order chi connectivity index (χ1) is 10.2. The van der Waals surface area contributed by atoms with E-state index >= 15 is 0 Å². The third-order valence-corrected chi connectivity index (χ3v) is 3.58. The lowest BCUT2D eigenvalue weighted by Gasteiger charge is -2.21. The summed E-state index contributed by atoms with van der Waals surface area (Å²) in [6.45, 7) is 6.19. The minimum atomic E-state index is -0.240. The summed E-state index contributed by atoms with van der Waals surface area (Å²) in [5.41, 5.74) is 7.87. The third-order valence-electron chi connectivity index (χ3n) is 3.58. The van der Waals surface area contributed by atoms with Crippen molar-refractivity contribution in [2.45, 2.75) is 26.4 Å². The Morgan fingerprint density at radius 3 is 2.48 bits per heavy atom. The molecular formula is C16H22N4O. The first kappa shape index (κ1) is 15.3. The normalized spacial score (nSPS) is 12.1. The summed E-state index contributed by atoms with van der Waals surface area (Å²) in [5, 5.41) is 4.24. The average Bonchev–Trinajstić information content (AvgIpc) is 2.52. The maximum absolute atomic E-state index is 12.2. The van der Waals surface area contributed by atoms with E-state index in [1.807, 2.05) is 30.3 Å². The Kier molecular flexibility index (Phi) is 5.11. The van der Waals surface area contributed by atoms with Gasteiger partial charge in [0.25, 0.3) is 5.56 Å². The van der Waals surface area contributed by atoms with Crippen LogP contribution in [0.2, 0.25) is 0 Å². The van der Waals surface area contributed by atoms with Gasteiger partial charge in [0, 0.05) is 25.2 Å². The average molecular weight is 286 g/mol. The number of nitrogens with two attached hydrogens (primary N) is 1. The topological polar surface area (TPSA) is 64.2 Å². The van der Waals surface area contributed by atoms with Crippen molar-refractivity contribution in [1.82, 2.24) is 9.78 Å². The number of hydrogen-bond acceptors (Lipinski definition) is 4. The van der Waals surface area contributed by atoms with E-state index in [9.17, 15) is 4.79 Å². The molecule has 2 aromatic rings. The standard InChI is InChI=1S/C16H22N4O/c1-3-19(4-2)14-10-16(21)20(18-11-14)12-15(17)13-8-6-5-7-9-13/h5-11,15H,3-4,12,17H2,1-2H3. The lowest BCUT2D eigenvalue weighted by Crippen LogP contribution is -2.30. The van der Waals surface area contributed by atoms with Crippen molar-refractivity contribution in [2.24, 2.45) is 5.73 Å². The number of hydrogen-bond donors (Lipinski definition) is 1. The highest BCUT2D eigenvalue weighted by atomic mass is 16.1. The summed E-state index contributed by atoms with van der Waals surface area (Å²) in [6, 6.07) is 11.1. The molecule has 5 nitrogen and oxygen atoms in total.